The fraction of sp³-hybridized carbons (Fsp3) is 0.385. The number of rotatable bonds is 7. The lowest BCUT2D eigenvalue weighted by Gasteiger charge is -2.11. The van der Waals surface area contributed by atoms with Crippen LogP contribution in [0, 0.1) is 0 Å². The van der Waals surface area contributed by atoms with Crippen molar-refractivity contribution in [2.45, 2.75) is 25.3 Å². The average molecular weight is 249 g/mol. The molecule has 1 atom stereocenters. The molecule has 0 fully saturated rings. The van der Waals surface area contributed by atoms with Gasteiger partial charge in [-0.15, -0.1) is 0 Å². The summed E-state index contributed by atoms with van der Waals surface area (Å²) in [7, 11) is 0. The van der Waals surface area contributed by atoms with Crippen LogP contribution in [0.3, 0.4) is 0 Å². The van der Waals surface area contributed by atoms with E-state index in [-0.39, 0.29) is 18.9 Å². The summed E-state index contributed by atoms with van der Waals surface area (Å²) in [4.78, 5) is 22.1. The van der Waals surface area contributed by atoms with Crippen LogP contribution in [0.25, 0.3) is 0 Å². The van der Waals surface area contributed by atoms with E-state index >= 15 is 0 Å². The number of hydrogen-bond acceptors (Lipinski definition) is 3. The topological polar surface area (TPSA) is 98.2 Å². The molecule has 0 saturated heterocycles. The number of benzene rings is 1. The van der Waals surface area contributed by atoms with Crippen LogP contribution < -0.4 is 16.8 Å². The highest BCUT2D eigenvalue weighted by molar-refractivity contribution is 5.82. The minimum Gasteiger partial charge on any atom is -0.370 e. The summed E-state index contributed by atoms with van der Waals surface area (Å²) in [6, 6.07) is 9.29. The predicted molar refractivity (Wildman–Crippen MR) is 69.6 cm³/mol. The molecule has 0 saturated carbocycles. The van der Waals surface area contributed by atoms with Crippen LogP contribution in [0.1, 0.15) is 18.4 Å². The van der Waals surface area contributed by atoms with Gasteiger partial charge in [-0.25, -0.2) is 0 Å². The maximum absolute atomic E-state index is 11.6. The zero-order valence-electron chi connectivity index (χ0n) is 10.3. The summed E-state index contributed by atoms with van der Waals surface area (Å²) in [6.45, 7) is 0.243. The molecule has 0 aliphatic heterocycles. The lowest BCUT2D eigenvalue weighted by Crippen LogP contribution is -2.41. The van der Waals surface area contributed by atoms with Gasteiger partial charge in [-0.3, -0.25) is 9.59 Å². The largest absolute Gasteiger partial charge is 0.370 e. The predicted octanol–water partition coefficient (Wildman–Crippen LogP) is -0.0619. The molecule has 18 heavy (non-hydrogen) atoms. The Morgan fingerprint density at radius 2 is 1.89 bits per heavy atom. The van der Waals surface area contributed by atoms with Gasteiger partial charge >= 0.3 is 0 Å². The molecule has 0 unspecified atom stereocenters. The molecule has 98 valence electrons. The van der Waals surface area contributed by atoms with Crippen LogP contribution in [-0.4, -0.2) is 24.4 Å². The van der Waals surface area contributed by atoms with Crippen molar-refractivity contribution in [3.63, 3.8) is 0 Å². The van der Waals surface area contributed by atoms with Gasteiger partial charge in [0.1, 0.15) is 0 Å². The van der Waals surface area contributed by atoms with Gasteiger partial charge in [0, 0.05) is 13.0 Å². The van der Waals surface area contributed by atoms with Gasteiger partial charge in [-0.05, 0) is 18.4 Å². The van der Waals surface area contributed by atoms with Crippen molar-refractivity contribution in [3.05, 3.63) is 35.9 Å². The monoisotopic (exact) mass is 249 g/mol. The molecule has 5 nitrogen and oxygen atoms in total. The van der Waals surface area contributed by atoms with Crippen LogP contribution in [0.4, 0.5) is 0 Å². The SMILES string of the molecule is NC(=O)CCNC(=O)[C@@H](N)CCc1ccccc1. The van der Waals surface area contributed by atoms with Gasteiger partial charge in [0.05, 0.1) is 6.04 Å². The second-order valence-electron chi connectivity index (χ2n) is 4.14. The molecule has 0 aromatic heterocycles. The quantitative estimate of drug-likeness (QED) is 0.631. The Balaban J connectivity index is 2.25. The van der Waals surface area contributed by atoms with Crippen molar-refractivity contribution >= 4 is 11.8 Å². The number of carbonyl (C=O) groups excluding carboxylic acids is 2. The molecule has 0 bridgehead atoms. The van der Waals surface area contributed by atoms with E-state index in [2.05, 4.69) is 5.32 Å². The van der Waals surface area contributed by atoms with Crippen LogP contribution >= 0.6 is 0 Å². The van der Waals surface area contributed by atoms with Crippen molar-refractivity contribution in [2.24, 2.45) is 11.5 Å². The number of primary amides is 1. The van der Waals surface area contributed by atoms with Crippen LogP contribution in [0.2, 0.25) is 0 Å². The number of nitrogens with one attached hydrogen (secondary N) is 1. The summed E-state index contributed by atoms with van der Waals surface area (Å²) >= 11 is 0. The molecule has 1 aromatic carbocycles. The van der Waals surface area contributed by atoms with Crippen molar-refractivity contribution < 1.29 is 9.59 Å². The Hall–Kier alpha value is -1.88. The highest BCUT2D eigenvalue weighted by atomic mass is 16.2. The Labute approximate surface area is 107 Å². The summed E-state index contributed by atoms with van der Waals surface area (Å²) in [6.07, 6.45) is 1.47. The first-order chi connectivity index (χ1) is 8.59. The van der Waals surface area contributed by atoms with E-state index < -0.39 is 11.9 Å². The van der Waals surface area contributed by atoms with E-state index in [1.165, 1.54) is 0 Å². The Bertz CT molecular complexity index is 392. The molecule has 1 aromatic rings. The number of nitrogens with two attached hydrogens (primary N) is 2. The first-order valence-electron chi connectivity index (χ1n) is 5.95. The van der Waals surface area contributed by atoms with E-state index in [1.54, 1.807) is 0 Å². The molecule has 0 aliphatic carbocycles. The van der Waals surface area contributed by atoms with E-state index in [1.807, 2.05) is 30.3 Å². The van der Waals surface area contributed by atoms with Gasteiger partial charge in [0.15, 0.2) is 0 Å². The summed E-state index contributed by atoms with van der Waals surface area (Å²) < 4.78 is 0. The van der Waals surface area contributed by atoms with E-state index in [9.17, 15) is 9.59 Å². The van der Waals surface area contributed by atoms with Crippen LogP contribution in [0.5, 0.6) is 0 Å². The third-order valence-corrected chi connectivity index (χ3v) is 2.59. The standard InChI is InChI=1S/C13H19N3O2/c14-11(13(18)16-9-8-12(15)17)7-6-10-4-2-1-3-5-10/h1-5,11H,6-9,14H2,(H2,15,17)(H,16,18)/t11-/m0/s1. The van der Waals surface area contributed by atoms with Gasteiger partial charge in [0.25, 0.3) is 0 Å². The van der Waals surface area contributed by atoms with Crippen LogP contribution in [0.15, 0.2) is 30.3 Å². The molecule has 5 N–H and O–H groups in total. The molecular weight excluding hydrogens is 230 g/mol. The maximum atomic E-state index is 11.6. The number of amides is 2. The third kappa shape index (κ3) is 5.45. The van der Waals surface area contributed by atoms with Gasteiger partial charge < -0.3 is 16.8 Å². The molecule has 2 amide bonds. The Kier molecular flexibility index (Phi) is 5.87. The number of carbonyl (C=O) groups is 2. The maximum Gasteiger partial charge on any atom is 0.236 e. The molecule has 0 heterocycles. The minimum atomic E-state index is -0.557. The summed E-state index contributed by atoms with van der Waals surface area (Å²) in [5.41, 5.74) is 11.9. The first kappa shape index (κ1) is 14.2. The highest BCUT2D eigenvalue weighted by Crippen LogP contribution is 2.03. The first-order valence-corrected chi connectivity index (χ1v) is 5.95. The molecular formula is C13H19N3O2. The van der Waals surface area contributed by atoms with Gasteiger partial charge in [0.2, 0.25) is 11.8 Å². The summed E-state index contributed by atoms with van der Waals surface area (Å²) in [5, 5.41) is 2.59. The third-order valence-electron chi connectivity index (χ3n) is 2.59. The fourth-order valence-electron chi connectivity index (χ4n) is 1.54. The molecule has 5 heteroatoms. The molecule has 0 spiro atoms. The average Bonchev–Trinajstić information content (AvgIpc) is 2.36. The van der Waals surface area contributed by atoms with Crippen molar-refractivity contribution in [3.8, 4) is 0 Å². The Morgan fingerprint density at radius 3 is 2.50 bits per heavy atom. The number of aryl methyl sites for hydroxylation is 1. The lowest BCUT2D eigenvalue weighted by atomic mass is 10.1. The Morgan fingerprint density at radius 1 is 1.22 bits per heavy atom. The minimum absolute atomic E-state index is 0.136. The van der Waals surface area contributed by atoms with Crippen molar-refractivity contribution in [1.82, 2.24) is 5.32 Å². The van der Waals surface area contributed by atoms with Crippen molar-refractivity contribution in [2.75, 3.05) is 6.54 Å². The second-order valence-corrected chi connectivity index (χ2v) is 4.14. The van der Waals surface area contributed by atoms with E-state index in [4.69, 9.17) is 11.5 Å². The molecule has 0 radical (unpaired) electrons. The van der Waals surface area contributed by atoms with Crippen molar-refractivity contribution in [1.29, 1.82) is 0 Å². The zero-order chi connectivity index (χ0) is 13.4. The zero-order valence-corrected chi connectivity index (χ0v) is 10.3. The van der Waals surface area contributed by atoms with Gasteiger partial charge in [-0.1, -0.05) is 30.3 Å². The van der Waals surface area contributed by atoms with E-state index in [0.29, 0.717) is 6.42 Å². The fourth-order valence-corrected chi connectivity index (χ4v) is 1.54. The lowest BCUT2D eigenvalue weighted by molar-refractivity contribution is -0.122. The normalized spacial score (nSPS) is 11.8. The summed E-state index contributed by atoms with van der Waals surface area (Å²) in [5.74, 6) is -0.680. The molecule has 0 aliphatic rings. The number of hydrogen-bond donors (Lipinski definition) is 3. The van der Waals surface area contributed by atoms with Crippen LogP contribution in [-0.2, 0) is 16.0 Å². The highest BCUT2D eigenvalue weighted by Gasteiger charge is 2.12. The smallest absolute Gasteiger partial charge is 0.236 e. The van der Waals surface area contributed by atoms with E-state index in [0.717, 1.165) is 12.0 Å². The molecule has 1 rings (SSSR count). The second kappa shape index (κ2) is 7.45. The van der Waals surface area contributed by atoms with Gasteiger partial charge in [-0.2, -0.15) is 0 Å².